The van der Waals surface area contributed by atoms with E-state index in [1.807, 2.05) is 12.1 Å². The lowest BCUT2D eigenvalue weighted by molar-refractivity contribution is 0.147. The molecular weight excluding hydrogens is 332 g/mol. The van der Waals surface area contributed by atoms with Crippen molar-refractivity contribution < 1.29 is 14.0 Å². The monoisotopic (exact) mass is 358 g/mol. The second-order valence-electron chi connectivity index (χ2n) is 7.02. The van der Waals surface area contributed by atoms with Crippen LogP contribution in [0.3, 0.4) is 0 Å². The summed E-state index contributed by atoms with van der Waals surface area (Å²) in [6.45, 7) is 12.9. The molecule has 0 aliphatic carbocycles. The first-order chi connectivity index (χ1) is 10.5. The lowest BCUT2D eigenvalue weighted by atomic mass is 10.2. The van der Waals surface area contributed by atoms with Gasteiger partial charge in [0, 0.05) is 18.8 Å². The smallest absolute Gasteiger partial charge is 0.416 e. The average Bonchev–Trinajstić information content (AvgIpc) is 2.42. The van der Waals surface area contributed by atoms with Crippen molar-refractivity contribution in [3.05, 3.63) is 23.9 Å². The summed E-state index contributed by atoms with van der Waals surface area (Å²) in [5, 5.41) is 0.119. The third-order valence-corrected chi connectivity index (χ3v) is 8.68. The Morgan fingerprint density at radius 1 is 1.43 bits per heavy atom. The second-order valence-corrected chi connectivity index (χ2v) is 12.4. The van der Waals surface area contributed by atoms with Crippen molar-refractivity contribution >= 4 is 31.8 Å². The standard InChI is InChI=1S/C16H27ClN2O3Si/c1-12(17)22-15(20)19(5)14-13(9-8-10-18-14)11-21-23(6,7)16(2,3)4/h8-10,12H,11H2,1-7H3. The third-order valence-electron chi connectivity index (χ3n) is 4.12. The Morgan fingerprint density at radius 2 is 2.04 bits per heavy atom. The van der Waals surface area contributed by atoms with Crippen LogP contribution >= 0.6 is 11.6 Å². The number of anilines is 1. The molecular formula is C16H27ClN2O3Si. The number of hydrogen-bond donors (Lipinski definition) is 0. The van der Waals surface area contributed by atoms with Gasteiger partial charge in [-0.15, -0.1) is 0 Å². The number of rotatable bonds is 5. The molecule has 0 aliphatic rings. The Hall–Kier alpha value is -1.11. The van der Waals surface area contributed by atoms with E-state index in [2.05, 4.69) is 38.8 Å². The van der Waals surface area contributed by atoms with E-state index < -0.39 is 20.0 Å². The minimum Gasteiger partial charge on any atom is -0.430 e. The number of carbonyl (C=O) groups is 1. The summed E-state index contributed by atoms with van der Waals surface area (Å²) in [6, 6.07) is 3.74. The molecule has 1 aromatic rings. The number of carbonyl (C=O) groups excluding carboxylic acids is 1. The number of amides is 1. The molecule has 0 fully saturated rings. The number of ether oxygens (including phenoxy) is 1. The number of halogens is 1. The summed E-state index contributed by atoms with van der Waals surface area (Å²) in [6.07, 6.45) is 1.10. The lowest BCUT2D eigenvalue weighted by Crippen LogP contribution is -2.40. The molecule has 23 heavy (non-hydrogen) atoms. The summed E-state index contributed by atoms with van der Waals surface area (Å²) >= 11 is 5.71. The first-order valence-electron chi connectivity index (χ1n) is 7.62. The van der Waals surface area contributed by atoms with Crippen LogP contribution in [0.25, 0.3) is 0 Å². The van der Waals surface area contributed by atoms with Crippen molar-refractivity contribution in [3.8, 4) is 0 Å². The number of alkyl halides is 1. The molecule has 1 rings (SSSR count). The van der Waals surface area contributed by atoms with Crippen LogP contribution in [0.15, 0.2) is 18.3 Å². The largest absolute Gasteiger partial charge is 0.430 e. The van der Waals surface area contributed by atoms with E-state index >= 15 is 0 Å². The maximum atomic E-state index is 12.0. The van der Waals surface area contributed by atoms with Crippen molar-refractivity contribution in [1.29, 1.82) is 0 Å². The van der Waals surface area contributed by atoms with Crippen LogP contribution in [0.1, 0.15) is 33.3 Å². The van der Waals surface area contributed by atoms with Gasteiger partial charge >= 0.3 is 6.09 Å². The van der Waals surface area contributed by atoms with E-state index in [0.29, 0.717) is 12.4 Å². The zero-order valence-electron chi connectivity index (χ0n) is 15.0. The topological polar surface area (TPSA) is 51.7 Å². The Morgan fingerprint density at radius 3 is 2.57 bits per heavy atom. The van der Waals surface area contributed by atoms with Crippen LogP contribution in [0.2, 0.25) is 18.1 Å². The summed E-state index contributed by atoms with van der Waals surface area (Å²) in [4.78, 5) is 17.7. The van der Waals surface area contributed by atoms with Crippen LogP contribution in [0.4, 0.5) is 10.6 Å². The molecule has 1 unspecified atom stereocenters. The summed E-state index contributed by atoms with van der Waals surface area (Å²) in [7, 11) is -0.271. The Bertz CT molecular complexity index is 544. The number of hydrogen-bond acceptors (Lipinski definition) is 4. The summed E-state index contributed by atoms with van der Waals surface area (Å²) in [5.41, 5.74) is 0.152. The van der Waals surface area contributed by atoms with E-state index in [0.717, 1.165) is 5.56 Å². The molecule has 0 N–H and O–H groups in total. The van der Waals surface area contributed by atoms with Crippen molar-refractivity contribution in [2.75, 3.05) is 11.9 Å². The van der Waals surface area contributed by atoms with Gasteiger partial charge in [-0.3, -0.25) is 4.90 Å². The predicted molar refractivity (Wildman–Crippen MR) is 96.4 cm³/mol. The molecule has 1 heterocycles. The fourth-order valence-electron chi connectivity index (χ4n) is 1.62. The molecule has 7 heteroatoms. The Kier molecular flexibility index (Phi) is 6.62. The van der Waals surface area contributed by atoms with Crippen LogP contribution in [0, 0.1) is 0 Å². The maximum Gasteiger partial charge on any atom is 0.416 e. The normalized spacial score (nSPS) is 13.6. The first kappa shape index (κ1) is 19.9. The summed E-state index contributed by atoms with van der Waals surface area (Å²) in [5.74, 6) is 0.522. The predicted octanol–water partition coefficient (Wildman–Crippen LogP) is 4.76. The molecule has 5 nitrogen and oxygen atoms in total. The number of aromatic nitrogens is 1. The van der Waals surface area contributed by atoms with Crippen molar-refractivity contribution in [3.63, 3.8) is 0 Å². The Balaban J connectivity index is 2.92. The molecule has 1 aromatic heterocycles. The van der Waals surface area contributed by atoms with Gasteiger partial charge in [-0.2, -0.15) is 0 Å². The minimum absolute atomic E-state index is 0.119. The molecule has 0 spiro atoms. The molecule has 0 saturated heterocycles. The fourth-order valence-corrected chi connectivity index (χ4v) is 2.65. The highest BCUT2D eigenvalue weighted by Crippen LogP contribution is 2.37. The van der Waals surface area contributed by atoms with E-state index in [1.165, 1.54) is 4.90 Å². The van der Waals surface area contributed by atoms with Gasteiger partial charge in [0.15, 0.2) is 13.9 Å². The SMILES string of the molecule is CC(Cl)OC(=O)N(C)c1ncccc1CO[Si](C)(C)C(C)(C)C. The third kappa shape index (κ3) is 5.48. The highest BCUT2D eigenvalue weighted by atomic mass is 35.5. The molecule has 0 bridgehead atoms. The van der Waals surface area contributed by atoms with E-state index in [4.69, 9.17) is 20.8 Å². The number of nitrogens with zero attached hydrogens (tertiary/aromatic N) is 2. The zero-order chi connectivity index (χ0) is 17.8. The molecule has 0 saturated carbocycles. The van der Waals surface area contributed by atoms with Crippen molar-refractivity contribution in [1.82, 2.24) is 4.98 Å². The highest BCUT2D eigenvalue weighted by molar-refractivity contribution is 6.74. The van der Waals surface area contributed by atoms with Gasteiger partial charge in [0.25, 0.3) is 0 Å². The minimum atomic E-state index is -1.88. The van der Waals surface area contributed by atoms with Gasteiger partial charge < -0.3 is 9.16 Å². The molecule has 1 amide bonds. The molecule has 130 valence electrons. The van der Waals surface area contributed by atoms with Gasteiger partial charge in [-0.05, 0) is 31.1 Å². The van der Waals surface area contributed by atoms with E-state index in [-0.39, 0.29) is 5.04 Å². The van der Waals surface area contributed by atoms with Crippen LogP contribution in [-0.2, 0) is 15.8 Å². The molecule has 0 aliphatic heterocycles. The van der Waals surface area contributed by atoms with Gasteiger partial charge in [0.2, 0.25) is 0 Å². The molecule has 1 atom stereocenters. The number of pyridine rings is 1. The zero-order valence-corrected chi connectivity index (χ0v) is 16.8. The summed E-state index contributed by atoms with van der Waals surface area (Å²) < 4.78 is 11.2. The van der Waals surface area contributed by atoms with Gasteiger partial charge in [0.1, 0.15) is 5.82 Å². The van der Waals surface area contributed by atoms with Gasteiger partial charge in [-0.25, -0.2) is 9.78 Å². The van der Waals surface area contributed by atoms with Crippen molar-refractivity contribution in [2.45, 2.75) is 58.0 Å². The Labute approximate surface area is 145 Å². The highest BCUT2D eigenvalue weighted by Gasteiger charge is 2.37. The lowest BCUT2D eigenvalue weighted by Gasteiger charge is -2.36. The van der Waals surface area contributed by atoms with Gasteiger partial charge in [-0.1, -0.05) is 38.4 Å². The van der Waals surface area contributed by atoms with Crippen molar-refractivity contribution in [2.24, 2.45) is 0 Å². The van der Waals surface area contributed by atoms with E-state index in [9.17, 15) is 4.79 Å². The fraction of sp³-hybridized carbons (Fsp3) is 0.625. The van der Waals surface area contributed by atoms with Crippen LogP contribution in [0.5, 0.6) is 0 Å². The average molecular weight is 359 g/mol. The second kappa shape index (κ2) is 7.64. The molecule has 0 aromatic carbocycles. The van der Waals surface area contributed by atoms with Crippen LogP contribution in [-0.4, -0.2) is 32.0 Å². The maximum absolute atomic E-state index is 12.0. The quantitative estimate of drug-likeness (QED) is 0.562. The van der Waals surface area contributed by atoms with E-state index in [1.54, 1.807) is 20.2 Å². The molecule has 0 radical (unpaired) electrons. The van der Waals surface area contributed by atoms with Crippen LogP contribution < -0.4 is 4.90 Å². The first-order valence-corrected chi connectivity index (χ1v) is 11.0. The van der Waals surface area contributed by atoms with Gasteiger partial charge in [0.05, 0.1) is 6.61 Å².